The van der Waals surface area contributed by atoms with Gasteiger partial charge in [-0.1, -0.05) is 25.1 Å². The molecule has 2 atom stereocenters. The lowest BCUT2D eigenvalue weighted by Crippen LogP contribution is -2.47. The number of amides is 1. The lowest BCUT2D eigenvalue weighted by Gasteiger charge is -2.35. The van der Waals surface area contributed by atoms with Crippen LogP contribution in [0, 0.1) is 0 Å². The molecule has 0 bridgehead atoms. The Morgan fingerprint density at radius 2 is 2.04 bits per heavy atom. The second-order valence-electron chi connectivity index (χ2n) is 6.36. The number of aliphatic imine (C=N–C) groups is 1. The van der Waals surface area contributed by atoms with E-state index in [0.717, 1.165) is 36.0 Å². The van der Waals surface area contributed by atoms with Crippen molar-refractivity contribution in [1.82, 2.24) is 4.90 Å². The maximum absolute atomic E-state index is 12.3. The average Bonchev–Trinajstić information content (AvgIpc) is 2.94. The fourth-order valence-electron chi connectivity index (χ4n) is 2.95. The van der Waals surface area contributed by atoms with Crippen LogP contribution < -0.4 is 4.74 Å². The number of ether oxygens (including phenoxy) is 2. The van der Waals surface area contributed by atoms with Crippen LogP contribution in [0.2, 0.25) is 0 Å². The van der Waals surface area contributed by atoms with Crippen LogP contribution in [0.25, 0.3) is 6.08 Å². The topological polar surface area (TPSA) is 51.1 Å². The predicted molar refractivity (Wildman–Crippen MR) is 102 cm³/mol. The molecule has 2 heterocycles. The van der Waals surface area contributed by atoms with Crippen LogP contribution in [0.5, 0.6) is 5.75 Å². The van der Waals surface area contributed by atoms with Crippen LogP contribution in [0.1, 0.15) is 32.8 Å². The molecule has 2 unspecified atom stereocenters. The lowest BCUT2D eigenvalue weighted by molar-refractivity contribution is -0.113. The molecule has 0 N–H and O–H groups in total. The highest BCUT2D eigenvalue weighted by atomic mass is 32.2. The number of carbonyl (C=O) groups excluding carboxylic acids is 1. The molecule has 0 aliphatic carbocycles. The van der Waals surface area contributed by atoms with Gasteiger partial charge in [-0.05, 0) is 44.2 Å². The fraction of sp³-hybridized carbons (Fsp3) is 0.474. The molecule has 1 aromatic rings. The lowest BCUT2D eigenvalue weighted by atomic mass is 10.2. The van der Waals surface area contributed by atoms with Gasteiger partial charge in [-0.25, -0.2) is 0 Å². The number of nitrogens with zero attached hydrogens (tertiary/aromatic N) is 2. The van der Waals surface area contributed by atoms with Crippen molar-refractivity contribution in [1.29, 1.82) is 0 Å². The second kappa shape index (κ2) is 8.06. The van der Waals surface area contributed by atoms with Crippen molar-refractivity contribution in [3.05, 3.63) is 34.7 Å². The minimum Gasteiger partial charge on any atom is -0.493 e. The van der Waals surface area contributed by atoms with Gasteiger partial charge >= 0.3 is 0 Å². The van der Waals surface area contributed by atoms with Crippen molar-refractivity contribution in [3.8, 4) is 5.75 Å². The molecule has 25 heavy (non-hydrogen) atoms. The van der Waals surface area contributed by atoms with E-state index in [2.05, 4.69) is 16.8 Å². The average molecular weight is 360 g/mol. The highest BCUT2D eigenvalue weighted by Crippen LogP contribution is 2.33. The highest BCUT2D eigenvalue weighted by Gasteiger charge is 2.31. The minimum atomic E-state index is -0.183. The molecule has 0 radical (unpaired) electrons. The summed E-state index contributed by atoms with van der Waals surface area (Å²) in [5.74, 6) is 0.615. The highest BCUT2D eigenvalue weighted by molar-refractivity contribution is 8.18. The van der Waals surface area contributed by atoms with Crippen molar-refractivity contribution in [2.24, 2.45) is 4.99 Å². The fourth-order valence-corrected chi connectivity index (χ4v) is 3.87. The van der Waals surface area contributed by atoms with E-state index in [9.17, 15) is 4.79 Å². The normalized spacial score (nSPS) is 25.4. The molecule has 5 nitrogen and oxygen atoms in total. The van der Waals surface area contributed by atoms with Gasteiger partial charge in [-0.3, -0.25) is 4.79 Å². The summed E-state index contributed by atoms with van der Waals surface area (Å²) >= 11 is 1.43. The summed E-state index contributed by atoms with van der Waals surface area (Å²) in [6.45, 7) is 8.33. The Hall–Kier alpha value is -1.79. The smallest absolute Gasteiger partial charge is 0.286 e. The van der Waals surface area contributed by atoms with E-state index >= 15 is 0 Å². The third-order valence-electron chi connectivity index (χ3n) is 3.97. The van der Waals surface area contributed by atoms with Crippen LogP contribution in [0.15, 0.2) is 34.2 Å². The molecule has 1 amide bonds. The Morgan fingerprint density at radius 3 is 2.76 bits per heavy atom. The Labute approximate surface area is 153 Å². The van der Waals surface area contributed by atoms with Crippen molar-refractivity contribution in [2.75, 3.05) is 19.7 Å². The maximum Gasteiger partial charge on any atom is 0.286 e. The van der Waals surface area contributed by atoms with E-state index < -0.39 is 0 Å². The third-order valence-corrected chi connectivity index (χ3v) is 5.01. The first-order valence-corrected chi connectivity index (χ1v) is 9.53. The molecule has 1 saturated heterocycles. The number of thioether (sulfide) groups is 1. The first-order valence-electron chi connectivity index (χ1n) is 8.71. The molecule has 0 aromatic heterocycles. The zero-order valence-corrected chi connectivity index (χ0v) is 15.7. The van der Waals surface area contributed by atoms with Gasteiger partial charge in [-0.15, -0.1) is 0 Å². The predicted octanol–water partition coefficient (Wildman–Crippen LogP) is 3.55. The summed E-state index contributed by atoms with van der Waals surface area (Å²) in [7, 11) is 0. The molecule has 0 spiro atoms. The Morgan fingerprint density at radius 1 is 1.32 bits per heavy atom. The Balaban J connectivity index is 1.75. The molecular weight excluding hydrogens is 336 g/mol. The van der Waals surface area contributed by atoms with Crippen LogP contribution in [-0.2, 0) is 9.53 Å². The van der Waals surface area contributed by atoms with E-state index in [1.807, 2.05) is 44.2 Å². The van der Waals surface area contributed by atoms with E-state index in [1.54, 1.807) is 0 Å². The minimum absolute atomic E-state index is 0.137. The first-order chi connectivity index (χ1) is 12.1. The van der Waals surface area contributed by atoms with Gasteiger partial charge in [0.25, 0.3) is 5.91 Å². The van der Waals surface area contributed by atoms with Crippen molar-refractivity contribution >= 4 is 28.9 Å². The Kier molecular flexibility index (Phi) is 5.81. The van der Waals surface area contributed by atoms with Crippen LogP contribution in [-0.4, -0.2) is 47.9 Å². The summed E-state index contributed by atoms with van der Waals surface area (Å²) < 4.78 is 11.5. The van der Waals surface area contributed by atoms with Crippen molar-refractivity contribution in [3.63, 3.8) is 0 Å². The molecular formula is C19H24N2O3S. The van der Waals surface area contributed by atoms with E-state index in [4.69, 9.17) is 9.47 Å². The number of rotatable bonds is 4. The van der Waals surface area contributed by atoms with E-state index in [-0.39, 0.29) is 18.1 Å². The van der Waals surface area contributed by atoms with E-state index in [1.165, 1.54) is 11.8 Å². The van der Waals surface area contributed by atoms with Gasteiger partial charge in [0.1, 0.15) is 5.75 Å². The summed E-state index contributed by atoms with van der Waals surface area (Å²) in [4.78, 5) is 19.4. The summed E-state index contributed by atoms with van der Waals surface area (Å²) in [5, 5.41) is 0.769. The number of morpholine rings is 1. The molecule has 134 valence electrons. The molecule has 1 fully saturated rings. The van der Waals surface area contributed by atoms with Gasteiger partial charge in [0.2, 0.25) is 0 Å². The molecule has 6 heteroatoms. The molecule has 2 aliphatic rings. The standard InChI is InChI=1S/C19H24N2O3S/c1-4-9-23-16-8-6-5-7-15(16)10-17-18(22)20-19(25-17)21-11-13(2)24-14(3)12-21/h5-8,10,13-14H,4,9,11-12H2,1-3H3. The zero-order chi connectivity index (χ0) is 17.8. The monoisotopic (exact) mass is 360 g/mol. The van der Waals surface area contributed by atoms with Crippen LogP contribution in [0.4, 0.5) is 0 Å². The summed E-state index contributed by atoms with van der Waals surface area (Å²) in [5.41, 5.74) is 0.909. The van der Waals surface area contributed by atoms with Crippen LogP contribution >= 0.6 is 11.8 Å². The van der Waals surface area contributed by atoms with Gasteiger partial charge in [0.15, 0.2) is 5.17 Å². The number of amidine groups is 1. The van der Waals surface area contributed by atoms with Gasteiger partial charge in [0.05, 0.1) is 23.7 Å². The first kappa shape index (κ1) is 18.0. The quantitative estimate of drug-likeness (QED) is 0.769. The number of carbonyl (C=O) groups is 1. The summed E-state index contributed by atoms with van der Waals surface area (Å²) in [6.07, 6.45) is 3.10. The SMILES string of the molecule is CCCOc1ccccc1C=C1SC(N2CC(C)OC(C)C2)=NC1=O. The van der Waals surface area contributed by atoms with Crippen molar-refractivity contribution < 1.29 is 14.3 Å². The second-order valence-corrected chi connectivity index (χ2v) is 7.37. The Bertz CT molecular complexity index is 692. The molecule has 2 aliphatic heterocycles. The van der Waals surface area contributed by atoms with E-state index in [0.29, 0.717) is 11.5 Å². The number of hydrogen-bond acceptors (Lipinski definition) is 5. The molecule has 0 saturated carbocycles. The third kappa shape index (κ3) is 4.44. The van der Waals surface area contributed by atoms with Crippen molar-refractivity contribution in [2.45, 2.75) is 39.4 Å². The number of hydrogen-bond donors (Lipinski definition) is 0. The van der Waals surface area contributed by atoms with Gasteiger partial charge in [-0.2, -0.15) is 4.99 Å². The zero-order valence-electron chi connectivity index (χ0n) is 14.9. The van der Waals surface area contributed by atoms with Gasteiger partial charge < -0.3 is 14.4 Å². The van der Waals surface area contributed by atoms with Crippen LogP contribution in [0.3, 0.4) is 0 Å². The number of benzene rings is 1. The number of para-hydroxylation sites is 1. The molecule has 1 aromatic carbocycles. The summed E-state index contributed by atoms with van der Waals surface area (Å²) in [6, 6.07) is 7.78. The molecule has 3 rings (SSSR count). The maximum atomic E-state index is 12.3. The van der Waals surface area contributed by atoms with Gasteiger partial charge in [0, 0.05) is 18.7 Å². The largest absolute Gasteiger partial charge is 0.493 e.